The van der Waals surface area contributed by atoms with E-state index in [2.05, 4.69) is 5.32 Å². The summed E-state index contributed by atoms with van der Waals surface area (Å²) in [6, 6.07) is 14.0. The molecule has 0 aliphatic carbocycles. The number of rotatable bonds is 3. The maximum Gasteiger partial charge on any atom is 0.261 e. The Labute approximate surface area is 113 Å². The number of hydrogen-bond acceptors (Lipinski definition) is 3. The molecule has 0 aliphatic heterocycles. The Hall–Kier alpha value is -1.65. The lowest BCUT2D eigenvalue weighted by atomic mass is 10.2. The molecular formula is C14H11NOS2. The van der Waals surface area contributed by atoms with E-state index in [1.54, 1.807) is 11.3 Å². The largest absolute Gasteiger partial charge is 0.346 e. The molecule has 2 aromatic heterocycles. The zero-order valence-electron chi connectivity index (χ0n) is 9.55. The van der Waals surface area contributed by atoms with Gasteiger partial charge in [0.25, 0.3) is 5.91 Å². The summed E-state index contributed by atoms with van der Waals surface area (Å²) in [6.45, 7) is 0.602. The quantitative estimate of drug-likeness (QED) is 0.770. The highest BCUT2D eigenvalue weighted by molar-refractivity contribution is 7.20. The molecule has 1 amide bonds. The normalized spacial score (nSPS) is 10.7. The number of amides is 1. The highest BCUT2D eigenvalue weighted by Crippen LogP contribution is 2.25. The van der Waals surface area contributed by atoms with E-state index in [0.29, 0.717) is 6.54 Å². The molecule has 4 heteroatoms. The summed E-state index contributed by atoms with van der Waals surface area (Å²) in [7, 11) is 0. The van der Waals surface area contributed by atoms with Crippen LogP contribution in [-0.2, 0) is 6.54 Å². The summed E-state index contributed by atoms with van der Waals surface area (Å²) in [6.07, 6.45) is 0. The van der Waals surface area contributed by atoms with Crippen molar-refractivity contribution >= 4 is 38.7 Å². The fourth-order valence-corrected chi connectivity index (χ4v) is 3.39. The smallest absolute Gasteiger partial charge is 0.261 e. The summed E-state index contributed by atoms with van der Waals surface area (Å²) in [5.41, 5.74) is 0. The van der Waals surface area contributed by atoms with Gasteiger partial charge in [-0.25, -0.2) is 0 Å². The lowest BCUT2D eigenvalue weighted by molar-refractivity contribution is 0.0955. The van der Waals surface area contributed by atoms with Gasteiger partial charge < -0.3 is 5.32 Å². The van der Waals surface area contributed by atoms with Crippen LogP contribution in [0.4, 0.5) is 0 Å². The molecule has 0 spiro atoms. The Morgan fingerprint density at radius 1 is 1.17 bits per heavy atom. The summed E-state index contributed by atoms with van der Waals surface area (Å²) in [4.78, 5) is 14.0. The second-order valence-corrected chi connectivity index (χ2v) is 6.03. The molecule has 2 heterocycles. The Balaban J connectivity index is 1.75. The molecule has 1 N–H and O–H groups in total. The van der Waals surface area contributed by atoms with E-state index in [9.17, 15) is 4.79 Å². The molecule has 0 aliphatic rings. The van der Waals surface area contributed by atoms with Gasteiger partial charge in [0, 0.05) is 9.58 Å². The number of hydrogen-bond donors (Lipinski definition) is 1. The number of carbonyl (C=O) groups is 1. The summed E-state index contributed by atoms with van der Waals surface area (Å²) >= 11 is 3.19. The highest BCUT2D eigenvalue weighted by atomic mass is 32.1. The van der Waals surface area contributed by atoms with Gasteiger partial charge in [-0.05, 0) is 29.0 Å². The first-order valence-electron chi connectivity index (χ1n) is 5.62. The fraction of sp³-hybridized carbons (Fsp3) is 0.0714. The van der Waals surface area contributed by atoms with Crippen LogP contribution in [0.1, 0.15) is 14.5 Å². The summed E-state index contributed by atoms with van der Waals surface area (Å²) in [5.74, 6) is 0.00426. The number of carbonyl (C=O) groups excluding carboxylic acids is 1. The molecule has 0 saturated carbocycles. The molecule has 0 fully saturated rings. The van der Waals surface area contributed by atoms with Crippen LogP contribution in [0.5, 0.6) is 0 Å². The second kappa shape index (κ2) is 4.92. The van der Waals surface area contributed by atoms with Gasteiger partial charge in [0.1, 0.15) is 0 Å². The van der Waals surface area contributed by atoms with Gasteiger partial charge in [-0.1, -0.05) is 24.3 Å². The zero-order chi connectivity index (χ0) is 12.4. The van der Waals surface area contributed by atoms with Gasteiger partial charge in [-0.3, -0.25) is 4.79 Å². The second-order valence-electron chi connectivity index (χ2n) is 3.91. The average molecular weight is 273 g/mol. The van der Waals surface area contributed by atoms with Gasteiger partial charge in [-0.15, -0.1) is 22.7 Å². The molecule has 0 bridgehead atoms. The number of benzene rings is 1. The zero-order valence-corrected chi connectivity index (χ0v) is 11.2. The minimum atomic E-state index is 0.00426. The predicted octanol–water partition coefficient (Wildman–Crippen LogP) is 3.89. The Morgan fingerprint density at radius 3 is 2.83 bits per heavy atom. The standard InChI is InChI=1S/C14H11NOS2/c16-14(15-9-11-5-3-7-17-11)13-8-10-4-1-2-6-12(10)18-13/h1-8H,9H2,(H,15,16). The van der Waals surface area contributed by atoms with Crippen molar-refractivity contribution in [1.82, 2.24) is 5.32 Å². The van der Waals surface area contributed by atoms with Crippen molar-refractivity contribution < 1.29 is 4.79 Å². The lowest BCUT2D eigenvalue weighted by Gasteiger charge is -2.00. The molecule has 3 rings (SSSR count). The van der Waals surface area contributed by atoms with Crippen LogP contribution in [0.2, 0.25) is 0 Å². The van der Waals surface area contributed by atoms with Gasteiger partial charge in [0.15, 0.2) is 0 Å². The third kappa shape index (κ3) is 2.30. The van der Waals surface area contributed by atoms with Crippen molar-refractivity contribution in [2.75, 3.05) is 0 Å². The maximum absolute atomic E-state index is 12.0. The van der Waals surface area contributed by atoms with Crippen LogP contribution >= 0.6 is 22.7 Å². The van der Waals surface area contributed by atoms with Crippen LogP contribution in [-0.4, -0.2) is 5.91 Å². The maximum atomic E-state index is 12.0. The van der Waals surface area contributed by atoms with Gasteiger partial charge in [0.2, 0.25) is 0 Å². The molecule has 0 unspecified atom stereocenters. The lowest BCUT2D eigenvalue weighted by Crippen LogP contribution is -2.21. The molecule has 0 atom stereocenters. The Kier molecular flexibility index (Phi) is 3.13. The third-order valence-electron chi connectivity index (χ3n) is 2.65. The third-order valence-corrected chi connectivity index (χ3v) is 4.64. The SMILES string of the molecule is O=C(NCc1cccs1)c1cc2ccccc2s1. The van der Waals surface area contributed by atoms with Crippen molar-refractivity contribution in [2.24, 2.45) is 0 Å². The number of thiophene rings is 2. The predicted molar refractivity (Wildman–Crippen MR) is 77.3 cm³/mol. The van der Waals surface area contributed by atoms with E-state index in [4.69, 9.17) is 0 Å². The van der Waals surface area contributed by atoms with Crippen molar-refractivity contribution in [2.45, 2.75) is 6.54 Å². The molecule has 0 radical (unpaired) electrons. The molecule has 3 aromatic rings. The molecule has 18 heavy (non-hydrogen) atoms. The molecular weight excluding hydrogens is 262 g/mol. The van der Waals surface area contributed by atoms with Gasteiger partial charge in [-0.2, -0.15) is 0 Å². The Bertz CT molecular complexity index is 637. The van der Waals surface area contributed by atoms with Crippen molar-refractivity contribution in [3.63, 3.8) is 0 Å². The molecule has 2 nitrogen and oxygen atoms in total. The topological polar surface area (TPSA) is 29.1 Å². The van der Waals surface area contributed by atoms with E-state index >= 15 is 0 Å². The Morgan fingerprint density at radius 2 is 2.06 bits per heavy atom. The molecule has 90 valence electrons. The number of fused-ring (bicyclic) bond motifs is 1. The fourth-order valence-electron chi connectivity index (χ4n) is 1.76. The van der Waals surface area contributed by atoms with Crippen LogP contribution in [0.3, 0.4) is 0 Å². The van der Waals surface area contributed by atoms with Crippen molar-refractivity contribution in [3.8, 4) is 0 Å². The van der Waals surface area contributed by atoms with Crippen LogP contribution in [0, 0.1) is 0 Å². The summed E-state index contributed by atoms with van der Waals surface area (Å²) < 4.78 is 1.15. The van der Waals surface area contributed by atoms with Gasteiger partial charge >= 0.3 is 0 Å². The van der Waals surface area contributed by atoms with E-state index in [-0.39, 0.29) is 5.91 Å². The van der Waals surface area contributed by atoms with Crippen LogP contribution < -0.4 is 5.32 Å². The average Bonchev–Trinajstić information content (AvgIpc) is 3.04. The minimum Gasteiger partial charge on any atom is -0.346 e. The van der Waals surface area contributed by atoms with Crippen LogP contribution in [0.15, 0.2) is 47.8 Å². The van der Waals surface area contributed by atoms with Crippen molar-refractivity contribution in [1.29, 1.82) is 0 Å². The highest BCUT2D eigenvalue weighted by Gasteiger charge is 2.09. The first-order chi connectivity index (χ1) is 8.83. The van der Waals surface area contributed by atoms with Crippen molar-refractivity contribution in [3.05, 3.63) is 57.6 Å². The number of nitrogens with one attached hydrogen (secondary N) is 1. The van der Waals surface area contributed by atoms with Crippen LogP contribution in [0.25, 0.3) is 10.1 Å². The van der Waals surface area contributed by atoms with E-state index in [1.807, 2.05) is 47.8 Å². The minimum absolute atomic E-state index is 0.00426. The van der Waals surface area contributed by atoms with Gasteiger partial charge in [0.05, 0.1) is 11.4 Å². The first-order valence-corrected chi connectivity index (χ1v) is 7.32. The molecule has 0 saturated heterocycles. The summed E-state index contributed by atoms with van der Waals surface area (Å²) in [5, 5.41) is 6.09. The monoisotopic (exact) mass is 273 g/mol. The van der Waals surface area contributed by atoms with E-state index < -0.39 is 0 Å². The first kappa shape index (κ1) is 11.4. The van der Waals surface area contributed by atoms with E-state index in [0.717, 1.165) is 15.0 Å². The molecule has 1 aromatic carbocycles. The van der Waals surface area contributed by atoms with E-state index in [1.165, 1.54) is 16.2 Å².